The molecule has 1 aliphatic heterocycles. The predicted molar refractivity (Wildman–Crippen MR) is 69.0 cm³/mol. The van der Waals surface area contributed by atoms with Crippen LogP contribution < -0.4 is 5.73 Å². The van der Waals surface area contributed by atoms with Crippen LogP contribution in [0.2, 0.25) is 0 Å². The number of pyridine rings is 1. The van der Waals surface area contributed by atoms with Gasteiger partial charge < -0.3 is 10.6 Å². The Kier molecular flexibility index (Phi) is 4.09. The lowest BCUT2D eigenvalue weighted by Gasteiger charge is -2.31. The van der Waals surface area contributed by atoms with Gasteiger partial charge in [-0.2, -0.15) is 0 Å². The summed E-state index contributed by atoms with van der Waals surface area (Å²) in [6, 6.07) is 4.14. The minimum absolute atomic E-state index is 0.312. The zero-order valence-corrected chi connectivity index (χ0v) is 10.1. The number of aromatic nitrogens is 1. The summed E-state index contributed by atoms with van der Waals surface area (Å²) in [4.78, 5) is 6.48. The molecule has 1 fully saturated rings. The maximum atomic E-state index is 7.44. The number of amidine groups is 1. The zero-order valence-electron chi connectivity index (χ0n) is 10.1. The Hall–Kier alpha value is -1.42. The molecule has 0 radical (unpaired) electrons. The van der Waals surface area contributed by atoms with Gasteiger partial charge in [-0.1, -0.05) is 0 Å². The number of rotatable bonds is 4. The highest BCUT2D eigenvalue weighted by atomic mass is 15.1. The number of piperidine rings is 1. The van der Waals surface area contributed by atoms with Crippen molar-refractivity contribution in [2.24, 2.45) is 11.7 Å². The molecular weight excluding hydrogens is 212 g/mol. The van der Waals surface area contributed by atoms with Crippen molar-refractivity contribution in [1.29, 1.82) is 5.41 Å². The quantitative estimate of drug-likeness (QED) is 0.607. The number of nitrogens with one attached hydrogen (secondary N) is 1. The smallest absolute Gasteiger partial charge is 0.0937 e. The fourth-order valence-corrected chi connectivity index (χ4v) is 2.30. The second-order valence-corrected chi connectivity index (χ2v) is 4.68. The molecule has 1 aliphatic rings. The SMILES string of the molecule is N=C(N)C1CCN(CCc2ccncc2)CC1. The molecule has 2 rings (SSSR count). The minimum atomic E-state index is 0.312. The minimum Gasteiger partial charge on any atom is -0.387 e. The van der Waals surface area contributed by atoms with Gasteiger partial charge in [0.15, 0.2) is 0 Å². The lowest BCUT2D eigenvalue weighted by molar-refractivity contribution is 0.211. The molecule has 17 heavy (non-hydrogen) atoms. The number of nitrogens with two attached hydrogens (primary N) is 1. The highest BCUT2D eigenvalue weighted by Crippen LogP contribution is 2.16. The summed E-state index contributed by atoms with van der Waals surface area (Å²) >= 11 is 0. The fourth-order valence-electron chi connectivity index (χ4n) is 2.30. The zero-order chi connectivity index (χ0) is 12.1. The first-order valence-electron chi connectivity index (χ1n) is 6.21. The molecule has 92 valence electrons. The molecule has 4 heteroatoms. The predicted octanol–water partition coefficient (Wildman–Crippen LogP) is 1.27. The Balaban J connectivity index is 1.74. The molecule has 1 aromatic rings. The van der Waals surface area contributed by atoms with Crippen LogP contribution in [0, 0.1) is 11.3 Å². The first-order chi connectivity index (χ1) is 8.25. The Morgan fingerprint density at radius 1 is 1.35 bits per heavy atom. The molecule has 1 aromatic heterocycles. The molecule has 0 bridgehead atoms. The molecule has 0 atom stereocenters. The van der Waals surface area contributed by atoms with Gasteiger partial charge in [0.2, 0.25) is 0 Å². The van der Waals surface area contributed by atoms with E-state index in [4.69, 9.17) is 11.1 Å². The molecule has 4 nitrogen and oxygen atoms in total. The van der Waals surface area contributed by atoms with E-state index in [1.807, 2.05) is 12.4 Å². The van der Waals surface area contributed by atoms with Gasteiger partial charge in [-0.3, -0.25) is 10.4 Å². The normalized spacial score (nSPS) is 18.1. The molecule has 0 aromatic carbocycles. The Labute approximate surface area is 102 Å². The van der Waals surface area contributed by atoms with Crippen LogP contribution in [0.5, 0.6) is 0 Å². The first kappa shape index (κ1) is 12.0. The van der Waals surface area contributed by atoms with Crippen LogP contribution in [0.1, 0.15) is 18.4 Å². The van der Waals surface area contributed by atoms with Gasteiger partial charge >= 0.3 is 0 Å². The van der Waals surface area contributed by atoms with E-state index in [9.17, 15) is 0 Å². The highest BCUT2D eigenvalue weighted by Gasteiger charge is 2.20. The third-order valence-corrected chi connectivity index (χ3v) is 3.49. The lowest BCUT2D eigenvalue weighted by Crippen LogP contribution is -2.39. The van der Waals surface area contributed by atoms with Gasteiger partial charge in [0.25, 0.3) is 0 Å². The molecule has 1 saturated heterocycles. The second-order valence-electron chi connectivity index (χ2n) is 4.68. The van der Waals surface area contributed by atoms with Crippen LogP contribution in [-0.4, -0.2) is 35.4 Å². The van der Waals surface area contributed by atoms with Gasteiger partial charge in [0.05, 0.1) is 5.84 Å². The molecule has 0 aliphatic carbocycles. The third kappa shape index (κ3) is 3.53. The second kappa shape index (κ2) is 5.77. The number of likely N-dealkylation sites (tertiary alicyclic amines) is 1. The van der Waals surface area contributed by atoms with Gasteiger partial charge in [0, 0.05) is 24.9 Å². The molecular formula is C13H20N4. The summed E-state index contributed by atoms with van der Waals surface area (Å²) in [5, 5.41) is 7.44. The van der Waals surface area contributed by atoms with Crippen LogP contribution in [0.4, 0.5) is 0 Å². The third-order valence-electron chi connectivity index (χ3n) is 3.49. The van der Waals surface area contributed by atoms with Crippen LogP contribution in [-0.2, 0) is 6.42 Å². The van der Waals surface area contributed by atoms with Gasteiger partial charge in [0.1, 0.15) is 0 Å². The largest absolute Gasteiger partial charge is 0.387 e. The maximum Gasteiger partial charge on any atom is 0.0937 e. The van der Waals surface area contributed by atoms with E-state index in [0.717, 1.165) is 38.9 Å². The van der Waals surface area contributed by atoms with Gasteiger partial charge in [-0.05, 0) is 50.0 Å². The monoisotopic (exact) mass is 232 g/mol. The first-order valence-corrected chi connectivity index (χ1v) is 6.21. The van der Waals surface area contributed by atoms with Crippen molar-refractivity contribution in [2.75, 3.05) is 19.6 Å². The Morgan fingerprint density at radius 2 is 2.00 bits per heavy atom. The number of hydrogen-bond donors (Lipinski definition) is 2. The lowest BCUT2D eigenvalue weighted by atomic mass is 9.95. The Bertz CT molecular complexity index is 355. The van der Waals surface area contributed by atoms with Crippen molar-refractivity contribution in [3.63, 3.8) is 0 Å². The molecule has 0 amide bonds. The van der Waals surface area contributed by atoms with Crippen molar-refractivity contribution in [2.45, 2.75) is 19.3 Å². The van der Waals surface area contributed by atoms with Crippen molar-refractivity contribution in [3.05, 3.63) is 30.1 Å². The van der Waals surface area contributed by atoms with E-state index in [1.54, 1.807) is 0 Å². The van der Waals surface area contributed by atoms with E-state index < -0.39 is 0 Å². The summed E-state index contributed by atoms with van der Waals surface area (Å²) in [5.74, 6) is 0.672. The summed E-state index contributed by atoms with van der Waals surface area (Å²) < 4.78 is 0. The highest BCUT2D eigenvalue weighted by molar-refractivity contribution is 5.79. The summed E-state index contributed by atoms with van der Waals surface area (Å²) in [6.07, 6.45) is 6.83. The average Bonchev–Trinajstić information content (AvgIpc) is 2.38. The fraction of sp³-hybridized carbons (Fsp3) is 0.538. The van der Waals surface area contributed by atoms with Crippen molar-refractivity contribution >= 4 is 5.84 Å². The van der Waals surface area contributed by atoms with Crippen molar-refractivity contribution < 1.29 is 0 Å². The van der Waals surface area contributed by atoms with Crippen molar-refractivity contribution in [1.82, 2.24) is 9.88 Å². The van der Waals surface area contributed by atoms with E-state index in [1.165, 1.54) is 5.56 Å². The van der Waals surface area contributed by atoms with E-state index in [2.05, 4.69) is 22.0 Å². The number of nitrogens with zero attached hydrogens (tertiary/aromatic N) is 2. The average molecular weight is 232 g/mol. The molecule has 3 N–H and O–H groups in total. The van der Waals surface area contributed by atoms with E-state index in [-0.39, 0.29) is 0 Å². The van der Waals surface area contributed by atoms with Crippen LogP contribution >= 0.6 is 0 Å². The van der Waals surface area contributed by atoms with Crippen LogP contribution in [0.25, 0.3) is 0 Å². The van der Waals surface area contributed by atoms with Crippen LogP contribution in [0.3, 0.4) is 0 Å². The summed E-state index contributed by atoms with van der Waals surface area (Å²) in [7, 11) is 0. The Morgan fingerprint density at radius 3 is 2.59 bits per heavy atom. The molecule has 0 unspecified atom stereocenters. The summed E-state index contributed by atoms with van der Waals surface area (Å²) in [6.45, 7) is 3.22. The number of hydrogen-bond acceptors (Lipinski definition) is 3. The molecule has 0 spiro atoms. The van der Waals surface area contributed by atoms with E-state index in [0.29, 0.717) is 11.8 Å². The van der Waals surface area contributed by atoms with Crippen molar-refractivity contribution in [3.8, 4) is 0 Å². The van der Waals surface area contributed by atoms with E-state index >= 15 is 0 Å². The molecule has 2 heterocycles. The van der Waals surface area contributed by atoms with Crippen LogP contribution in [0.15, 0.2) is 24.5 Å². The molecule has 0 saturated carbocycles. The van der Waals surface area contributed by atoms with Gasteiger partial charge in [-0.25, -0.2) is 0 Å². The maximum absolute atomic E-state index is 7.44. The summed E-state index contributed by atoms with van der Waals surface area (Å²) in [5.41, 5.74) is 6.88. The standard InChI is InChI=1S/C13H20N4/c14-13(15)12-4-9-17(10-5-12)8-3-11-1-6-16-7-2-11/h1-2,6-7,12H,3-5,8-10H2,(H3,14,15). The van der Waals surface area contributed by atoms with Gasteiger partial charge in [-0.15, -0.1) is 0 Å². The topological polar surface area (TPSA) is 66.0 Å².